The summed E-state index contributed by atoms with van der Waals surface area (Å²) in [6, 6.07) is 0. The van der Waals surface area contributed by atoms with Crippen molar-refractivity contribution in [3.63, 3.8) is 0 Å². The zero-order valence-corrected chi connectivity index (χ0v) is 19.0. The van der Waals surface area contributed by atoms with Crippen molar-refractivity contribution < 1.29 is 0 Å². The van der Waals surface area contributed by atoms with E-state index in [0.717, 1.165) is 37.8 Å². The molecule has 0 radical (unpaired) electrons. The highest BCUT2D eigenvalue weighted by Gasteiger charge is 2.18. The van der Waals surface area contributed by atoms with Crippen LogP contribution in [0, 0.1) is 5.92 Å². The van der Waals surface area contributed by atoms with Crippen molar-refractivity contribution in [1.82, 2.24) is 20.5 Å². The first-order valence-electron chi connectivity index (χ1n) is 9.35. The Hall–Kier alpha value is -0.410. The molecule has 0 saturated carbocycles. The third kappa shape index (κ3) is 8.21. The maximum atomic E-state index is 4.46. The molecular weight excluding hydrogens is 445 g/mol. The molecule has 0 aliphatic carbocycles. The second-order valence-electron chi connectivity index (χ2n) is 6.49. The smallest absolute Gasteiger partial charge is 0.190 e. The molecule has 5 nitrogen and oxygen atoms in total. The monoisotopic (exact) mass is 479 g/mol. The fourth-order valence-corrected chi connectivity index (χ4v) is 3.97. The first kappa shape index (κ1) is 22.6. The predicted molar refractivity (Wildman–Crippen MR) is 119 cm³/mol. The van der Waals surface area contributed by atoms with Gasteiger partial charge in [-0.15, -0.1) is 35.3 Å². The van der Waals surface area contributed by atoms with E-state index >= 15 is 0 Å². The van der Waals surface area contributed by atoms with E-state index in [9.17, 15) is 0 Å². The number of guanidine groups is 1. The number of aryl methyl sites for hydroxylation is 1. The molecule has 7 heteroatoms. The normalized spacial score (nSPS) is 16.5. The van der Waals surface area contributed by atoms with Gasteiger partial charge in [-0.3, -0.25) is 4.99 Å². The Morgan fingerprint density at radius 2 is 2.08 bits per heavy atom. The van der Waals surface area contributed by atoms with Gasteiger partial charge >= 0.3 is 0 Å². The fourth-order valence-electron chi connectivity index (χ4n) is 3.11. The van der Waals surface area contributed by atoms with Gasteiger partial charge in [-0.2, -0.15) is 0 Å². The summed E-state index contributed by atoms with van der Waals surface area (Å²) in [4.78, 5) is 12.7. The molecule has 1 aliphatic rings. The highest BCUT2D eigenvalue weighted by molar-refractivity contribution is 14.0. The largest absolute Gasteiger partial charge is 0.356 e. The molecule has 144 valence electrons. The Bertz CT molecular complexity index is 497. The molecule has 0 unspecified atom stereocenters. The number of nitrogens with one attached hydrogen (secondary N) is 2. The number of likely N-dealkylation sites (tertiary alicyclic amines) is 1. The van der Waals surface area contributed by atoms with Crippen LogP contribution in [0.4, 0.5) is 0 Å². The number of nitrogens with zero attached hydrogens (tertiary/aromatic N) is 3. The van der Waals surface area contributed by atoms with E-state index in [1.807, 2.05) is 24.6 Å². The number of aliphatic imine (C=N–C) groups is 1. The van der Waals surface area contributed by atoms with Gasteiger partial charge in [-0.25, -0.2) is 4.98 Å². The van der Waals surface area contributed by atoms with Crippen LogP contribution in [0.2, 0.25) is 0 Å². The van der Waals surface area contributed by atoms with Crippen LogP contribution in [0.3, 0.4) is 0 Å². The first-order chi connectivity index (χ1) is 11.7. The number of thiazole rings is 1. The summed E-state index contributed by atoms with van der Waals surface area (Å²) in [7, 11) is 1.85. The molecule has 1 aromatic heterocycles. The molecule has 25 heavy (non-hydrogen) atoms. The molecule has 0 amide bonds. The van der Waals surface area contributed by atoms with E-state index in [1.165, 1.54) is 48.8 Å². The number of hydrogen-bond acceptors (Lipinski definition) is 4. The highest BCUT2D eigenvalue weighted by atomic mass is 127. The Morgan fingerprint density at radius 3 is 2.68 bits per heavy atom. The molecule has 1 fully saturated rings. The maximum absolute atomic E-state index is 4.46. The van der Waals surface area contributed by atoms with Crippen LogP contribution >= 0.6 is 35.3 Å². The molecule has 0 aromatic carbocycles. The van der Waals surface area contributed by atoms with Gasteiger partial charge in [0.15, 0.2) is 5.96 Å². The van der Waals surface area contributed by atoms with E-state index in [4.69, 9.17) is 0 Å². The quantitative estimate of drug-likeness (QED) is 0.342. The first-order valence-corrected chi connectivity index (χ1v) is 10.2. The second-order valence-corrected chi connectivity index (χ2v) is 7.69. The standard InChI is InChI=1S/C18H33N5S.HI/c1-4-10-23-11-7-15(8-12-23)13-22-18(19-3)20-9-6-17-21-14-16(5-2)24-17;/h14-15H,4-13H2,1-3H3,(H2,19,20,22);1H. The lowest BCUT2D eigenvalue weighted by molar-refractivity contribution is 0.185. The molecule has 2 N–H and O–H groups in total. The number of halogens is 1. The lowest BCUT2D eigenvalue weighted by Gasteiger charge is -2.32. The van der Waals surface area contributed by atoms with Gasteiger partial charge in [-0.05, 0) is 51.2 Å². The number of aromatic nitrogens is 1. The van der Waals surface area contributed by atoms with Crippen molar-refractivity contribution >= 4 is 41.3 Å². The van der Waals surface area contributed by atoms with E-state index in [0.29, 0.717) is 0 Å². The highest BCUT2D eigenvalue weighted by Crippen LogP contribution is 2.16. The molecule has 2 heterocycles. The maximum Gasteiger partial charge on any atom is 0.190 e. The molecule has 1 saturated heterocycles. The minimum Gasteiger partial charge on any atom is -0.356 e. The Labute approximate surface area is 174 Å². The average molecular weight is 479 g/mol. The molecule has 1 aromatic rings. The minimum atomic E-state index is 0. The van der Waals surface area contributed by atoms with Gasteiger partial charge in [0.2, 0.25) is 0 Å². The van der Waals surface area contributed by atoms with Crippen molar-refractivity contribution in [3.05, 3.63) is 16.1 Å². The van der Waals surface area contributed by atoms with E-state index in [1.54, 1.807) is 0 Å². The summed E-state index contributed by atoms with van der Waals surface area (Å²) in [5, 5.41) is 8.11. The Kier molecular flexibility index (Phi) is 11.6. The minimum absolute atomic E-state index is 0. The number of hydrogen-bond donors (Lipinski definition) is 2. The summed E-state index contributed by atoms with van der Waals surface area (Å²) < 4.78 is 0. The van der Waals surface area contributed by atoms with Crippen molar-refractivity contribution in [2.24, 2.45) is 10.9 Å². The average Bonchev–Trinajstić information content (AvgIpc) is 3.07. The van der Waals surface area contributed by atoms with Crippen LogP contribution in [-0.2, 0) is 12.8 Å². The predicted octanol–water partition coefficient (Wildman–Crippen LogP) is 3.15. The molecule has 0 bridgehead atoms. The molecule has 2 rings (SSSR count). The SMILES string of the molecule is CCCN1CCC(CNC(=NC)NCCc2ncc(CC)s2)CC1.I. The topological polar surface area (TPSA) is 52.5 Å². The molecule has 0 atom stereocenters. The zero-order chi connectivity index (χ0) is 17.2. The number of piperidine rings is 1. The lowest BCUT2D eigenvalue weighted by Crippen LogP contribution is -2.43. The summed E-state index contributed by atoms with van der Waals surface area (Å²) in [5.41, 5.74) is 0. The van der Waals surface area contributed by atoms with Crippen LogP contribution in [0.1, 0.15) is 43.0 Å². The Balaban J connectivity index is 0.00000312. The van der Waals surface area contributed by atoms with Gasteiger partial charge in [0.05, 0.1) is 5.01 Å². The summed E-state index contributed by atoms with van der Waals surface area (Å²) >= 11 is 1.82. The van der Waals surface area contributed by atoms with Crippen LogP contribution in [-0.4, -0.2) is 55.6 Å². The number of rotatable bonds is 8. The Morgan fingerprint density at radius 1 is 1.32 bits per heavy atom. The molecular formula is C18H34IN5S. The van der Waals surface area contributed by atoms with E-state index < -0.39 is 0 Å². The molecule has 1 aliphatic heterocycles. The third-order valence-electron chi connectivity index (χ3n) is 4.61. The summed E-state index contributed by atoms with van der Waals surface area (Å²) in [6.07, 6.45) is 7.88. The van der Waals surface area contributed by atoms with Crippen molar-refractivity contribution in [2.45, 2.75) is 46.0 Å². The van der Waals surface area contributed by atoms with E-state index in [2.05, 4.69) is 39.4 Å². The fraction of sp³-hybridized carbons (Fsp3) is 0.778. The van der Waals surface area contributed by atoms with Crippen LogP contribution < -0.4 is 10.6 Å². The van der Waals surface area contributed by atoms with Crippen molar-refractivity contribution in [1.29, 1.82) is 0 Å². The third-order valence-corrected chi connectivity index (χ3v) is 5.81. The van der Waals surface area contributed by atoms with Gasteiger partial charge in [0.25, 0.3) is 0 Å². The van der Waals surface area contributed by atoms with Crippen molar-refractivity contribution in [3.8, 4) is 0 Å². The second kappa shape index (κ2) is 12.9. The van der Waals surface area contributed by atoms with Gasteiger partial charge in [0, 0.05) is 37.6 Å². The van der Waals surface area contributed by atoms with Crippen LogP contribution in [0.5, 0.6) is 0 Å². The zero-order valence-electron chi connectivity index (χ0n) is 15.9. The van der Waals surface area contributed by atoms with Gasteiger partial charge in [0.1, 0.15) is 0 Å². The van der Waals surface area contributed by atoms with Crippen molar-refractivity contribution in [2.75, 3.05) is 39.8 Å². The van der Waals surface area contributed by atoms with Crippen LogP contribution in [0.15, 0.2) is 11.2 Å². The lowest BCUT2D eigenvalue weighted by atomic mass is 9.97. The summed E-state index contributed by atoms with van der Waals surface area (Å²) in [5.74, 6) is 1.68. The van der Waals surface area contributed by atoms with Gasteiger partial charge < -0.3 is 15.5 Å². The van der Waals surface area contributed by atoms with Gasteiger partial charge in [-0.1, -0.05) is 13.8 Å². The summed E-state index contributed by atoms with van der Waals surface area (Å²) in [6.45, 7) is 10.1. The van der Waals surface area contributed by atoms with Crippen LogP contribution in [0.25, 0.3) is 0 Å². The molecule has 0 spiro atoms. The van der Waals surface area contributed by atoms with E-state index in [-0.39, 0.29) is 24.0 Å².